The zero-order valence-electron chi connectivity index (χ0n) is 11.5. The summed E-state index contributed by atoms with van der Waals surface area (Å²) in [5.74, 6) is 0. The van der Waals surface area contributed by atoms with Crippen molar-refractivity contribution < 1.29 is 0 Å². The second kappa shape index (κ2) is 6.27. The molecule has 0 amide bonds. The van der Waals surface area contributed by atoms with Crippen LogP contribution in [0.3, 0.4) is 0 Å². The fourth-order valence-corrected chi connectivity index (χ4v) is 2.70. The van der Waals surface area contributed by atoms with Gasteiger partial charge in [-0.15, -0.1) is 0 Å². The zero-order valence-corrected chi connectivity index (χ0v) is 11.5. The lowest BCUT2D eigenvalue weighted by atomic mass is 10.1. The molecule has 0 spiro atoms. The summed E-state index contributed by atoms with van der Waals surface area (Å²) in [5, 5.41) is 0. The van der Waals surface area contributed by atoms with Gasteiger partial charge in [-0.25, -0.2) is 0 Å². The van der Waals surface area contributed by atoms with Gasteiger partial charge in [-0.2, -0.15) is 0 Å². The van der Waals surface area contributed by atoms with Crippen LogP contribution < -0.4 is 5.73 Å². The summed E-state index contributed by atoms with van der Waals surface area (Å²) in [4.78, 5) is 9.11. The maximum absolute atomic E-state index is 5.64. The summed E-state index contributed by atoms with van der Waals surface area (Å²) in [6.45, 7) is 3.90. The van der Waals surface area contributed by atoms with Gasteiger partial charge in [0.25, 0.3) is 0 Å². The summed E-state index contributed by atoms with van der Waals surface area (Å²) < 4.78 is 0. The van der Waals surface area contributed by atoms with E-state index in [9.17, 15) is 0 Å². The van der Waals surface area contributed by atoms with Crippen LogP contribution in [0.15, 0.2) is 18.3 Å². The van der Waals surface area contributed by atoms with Crippen molar-refractivity contribution in [3.8, 4) is 0 Å². The van der Waals surface area contributed by atoms with E-state index in [1.807, 2.05) is 6.20 Å². The standard InChI is InChI=1S/C14H24N4/c1-17(2)11-14-4-3-7-18(14)10-12-5-6-16-13(8-12)9-15/h5-6,8,14H,3-4,7,9-11,15H2,1-2H3. The molecule has 4 nitrogen and oxygen atoms in total. The maximum Gasteiger partial charge on any atom is 0.0542 e. The van der Waals surface area contributed by atoms with Crippen LogP contribution in [0.2, 0.25) is 0 Å². The van der Waals surface area contributed by atoms with Crippen molar-refractivity contribution in [3.63, 3.8) is 0 Å². The number of pyridine rings is 1. The minimum absolute atomic E-state index is 0.523. The van der Waals surface area contributed by atoms with E-state index in [4.69, 9.17) is 5.73 Å². The molecule has 2 N–H and O–H groups in total. The van der Waals surface area contributed by atoms with Crippen LogP contribution in [-0.2, 0) is 13.1 Å². The lowest BCUT2D eigenvalue weighted by Gasteiger charge is -2.27. The highest BCUT2D eigenvalue weighted by atomic mass is 15.2. The Bertz CT molecular complexity index is 378. The van der Waals surface area contributed by atoms with E-state index in [0.717, 1.165) is 18.8 Å². The Hall–Kier alpha value is -0.970. The first-order valence-electron chi connectivity index (χ1n) is 6.71. The van der Waals surface area contributed by atoms with Gasteiger partial charge in [0, 0.05) is 31.9 Å². The van der Waals surface area contributed by atoms with Gasteiger partial charge in [-0.3, -0.25) is 9.88 Å². The molecule has 1 aliphatic heterocycles. The molecule has 2 heterocycles. The van der Waals surface area contributed by atoms with Gasteiger partial charge in [-0.1, -0.05) is 0 Å². The highest BCUT2D eigenvalue weighted by Crippen LogP contribution is 2.20. The van der Waals surface area contributed by atoms with Gasteiger partial charge < -0.3 is 10.6 Å². The zero-order chi connectivity index (χ0) is 13.0. The summed E-state index contributed by atoms with van der Waals surface area (Å²) in [5.41, 5.74) is 7.95. The Balaban J connectivity index is 1.98. The Morgan fingerprint density at radius 3 is 3.06 bits per heavy atom. The second-order valence-electron chi connectivity index (χ2n) is 5.39. The second-order valence-corrected chi connectivity index (χ2v) is 5.39. The van der Waals surface area contributed by atoms with E-state index in [2.05, 4.69) is 41.0 Å². The molecule has 1 fully saturated rings. The van der Waals surface area contributed by atoms with E-state index in [1.54, 1.807) is 0 Å². The van der Waals surface area contributed by atoms with Gasteiger partial charge in [0.2, 0.25) is 0 Å². The summed E-state index contributed by atoms with van der Waals surface area (Å²) in [6, 6.07) is 4.92. The Morgan fingerprint density at radius 2 is 2.33 bits per heavy atom. The minimum atomic E-state index is 0.523. The van der Waals surface area contributed by atoms with Gasteiger partial charge >= 0.3 is 0 Å². The fraction of sp³-hybridized carbons (Fsp3) is 0.643. The van der Waals surface area contributed by atoms with Gasteiger partial charge in [0.15, 0.2) is 0 Å². The molecule has 0 bridgehead atoms. The average molecular weight is 248 g/mol. The molecular formula is C14H24N4. The number of likely N-dealkylation sites (tertiary alicyclic amines) is 1. The van der Waals surface area contributed by atoms with Crippen molar-refractivity contribution in [2.45, 2.75) is 32.0 Å². The van der Waals surface area contributed by atoms with Gasteiger partial charge in [0.1, 0.15) is 0 Å². The van der Waals surface area contributed by atoms with Gasteiger partial charge in [-0.05, 0) is 51.2 Å². The molecule has 1 atom stereocenters. The van der Waals surface area contributed by atoms with Crippen LogP contribution in [-0.4, -0.2) is 48.0 Å². The normalized spacial score (nSPS) is 20.8. The first kappa shape index (κ1) is 13.5. The molecule has 1 aromatic heterocycles. The number of nitrogens with two attached hydrogens (primary N) is 1. The molecule has 0 aromatic carbocycles. The third kappa shape index (κ3) is 3.51. The first-order chi connectivity index (χ1) is 8.69. The molecule has 4 heteroatoms. The SMILES string of the molecule is CN(C)CC1CCCN1Cc1ccnc(CN)c1. The molecule has 1 saturated heterocycles. The quantitative estimate of drug-likeness (QED) is 0.846. The van der Waals surface area contributed by atoms with Crippen LogP contribution in [0.25, 0.3) is 0 Å². The molecule has 0 aliphatic carbocycles. The van der Waals surface area contributed by atoms with Crippen molar-refractivity contribution in [3.05, 3.63) is 29.6 Å². The molecule has 100 valence electrons. The number of likely N-dealkylation sites (N-methyl/N-ethyl adjacent to an activating group) is 1. The van der Waals surface area contributed by atoms with Crippen LogP contribution >= 0.6 is 0 Å². The third-order valence-electron chi connectivity index (χ3n) is 3.55. The Labute approximate surface area is 110 Å². The van der Waals surface area contributed by atoms with E-state index in [-0.39, 0.29) is 0 Å². The monoisotopic (exact) mass is 248 g/mol. The lowest BCUT2D eigenvalue weighted by Crippen LogP contribution is -2.37. The molecule has 1 aliphatic rings. The van der Waals surface area contributed by atoms with Crippen LogP contribution in [0.4, 0.5) is 0 Å². The Morgan fingerprint density at radius 1 is 1.50 bits per heavy atom. The predicted molar refractivity (Wildman–Crippen MR) is 74.1 cm³/mol. The van der Waals surface area contributed by atoms with Crippen molar-refractivity contribution in [2.24, 2.45) is 5.73 Å². The lowest BCUT2D eigenvalue weighted by molar-refractivity contribution is 0.201. The van der Waals surface area contributed by atoms with Crippen molar-refractivity contribution in [1.82, 2.24) is 14.8 Å². The number of hydrogen-bond donors (Lipinski definition) is 1. The van der Waals surface area contributed by atoms with Crippen LogP contribution in [0, 0.1) is 0 Å². The molecular weight excluding hydrogens is 224 g/mol. The fourth-order valence-electron chi connectivity index (χ4n) is 2.70. The molecule has 18 heavy (non-hydrogen) atoms. The Kier molecular flexibility index (Phi) is 4.69. The number of rotatable bonds is 5. The van der Waals surface area contributed by atoms with E-state index >= 15 is 0 Å². The van der Waals surface area contributed by atoms with E-state index < -0.39 is 0 Å². The van der Waals surface area contributed by atoms with Crippen molar-refractivity contribution in [1.29, 1.82) is 0 Å². The number of nitrogens with zero attached hydrogens (tertiary/aromatic N) is 3. The van der Waals surface area contributed by atoms with Crippen LogP contribution in [0.5, 0.6) is 0 Å². The van der Waals surface area contributed by atoms with E-state index in [1.165, 1.54) is 24.9 Å². The smallest absolute Gasteiger partial charge is 0.0542 e. The molecule has 0 saturated carbocycles. The van der Waals surface area contributed by atoms with E-state index in [0.29, 0.717) is 12.6 Å². The van der Waals surface area contributed by atoms with Crippen LogP contribution in [0.1, 0.15) is 24.1 Å². The average Bonchev–Trinajstić information content (AvgIpc) is 2.76. The molecule has 1 unspecified atom stereocenters. The highest BCUT2D eigenvalue weighted by Gasteiger charge is 2.24. The summed E-state index contributed by atoms with van der Waals surface area (Å²) >= 11 is 0. The molecule has 0 radical (unpaired) electrons. The molecule has 1 aromatic rings. The largest absolute Gasteiger partial charge is 0.325 e. The minimum Gasteiger partial charge on any atom is -0.325 e. The topological polar surface area (TPSA) is 45.4 Å². The third-order valence-corrected chi connectivity index (χ3v) is 3.55. The van der Waals surface area contributed by atoms with Gasteiger partial charge in [0.05, 0.1) is 5.69 Å². The predicted octanol–water partition coefficient (Wildman–Crippen LogP) is 1.07. The molecule has 2 rings (SSSR count). The highest BCUT2D eigenvalue weighted by molar-refractivity contribution is 5.16. The summed E-state index contributed by atoms with van der Waals surface area (Å²) in [7, 11) is 4.30. The summed E-state index contributed by atoms with van der Waals surface area (Å²) in [6.07, 6.45) is 4.49. The first-order valence-corrected chi connectivity index (χ1v) is 6.71. The van der Waals surface area contributed by atoms with Crippen molar-refractivity contribution >= 4 is 0 Å². The number of aromatic nitrogens is 1. The number of hydrogen-bond acceptors (Lipinski definition) is 4. The van der Waals surface area contributed by atoms with Crippen molar-refractivity contribution in [2.75, 3.05) is 27.2 Å². The maximum atomic E-state index is 5.64.